The van der Waals surface area contributed by atoms with Crippen molar-refractivity contribution in [2.24, 2.45) is 0 Å². The monoisotopic (exact) mass is 268 g/mol. The van der Waals surface area contributed by atoms with Crippen LogP contribution in [0.5, 0.6) is 0 Å². The number of aryl methyl sites for hydroxylation is 1. The van der Waals surface area contributed by atoms with Crippen LogP contribution < -0.4 is 5.32 Å². The first kappa shape index (κ1) is 13.3. The number of aliphatic hydroxyl groups excluding tert-OH is 1. The lowest BCUT2D eigenvalue weighted by atomic mass is 9.77. The molecule has 2 N–H and O–H groups in total. The lowest BCUT2D eigenvalue weighted by Gasteiger charge is -2.40. The van der Waals surface area contributed by atoms with Crippen LogP contribution in [0.3, 0.4) is 0 Å². The minimum atomic E-state index is -0.431. The van der Waals surface area contributed by atoms with Crippen molar-refractivity contribution in [3.63, 3.8) is 0 Å². The molecule has 1 aromatic heterocycles. The van der Waals surface area contributed by atoms with E-state index in [4.69, 9.17) is 11.6 Å². The van der Waals surface area contributed by atoms with E-state index < -0.39 is 5.54 Å². The highest BCUT2D eigenvalue weighted by Gasteiger charge is 2.37. The first-order valence-corrected chi connectivity index (χ1v) is 6.56. The quantitative estimate of drug-likeness (QED) is 0.821. The zero-order valence-electron chi connectivity index (χ0n) is 10.4. The molecule has 0 radical (unpaired) electrons. The summed E-state index contributed by atoms with van der Waals surface area (Å²) in [5.41, 5.74) is 0.866. The average molecular weight is 269 g/mol. The molecular formula is C13H17ClN2O2. The van der Waals surface area contributed by atoms with Gasteiger partial charge in [-0.05, 0) is 37.8 Å². The van der Waals surface area contributed by atoms with Crippen molar-refractivity contribution in [2.75, 3.05) is 6.61 Å². The predicted octanol–water partition coefficient (Wildman–Crippen LogP) is 1.94. The molecule has 4 nitrogen and oxygen atoms in total. The van der Waals surface area contributed by atoms with E-state index in [1.807, 2.05) is 6.92 Å². The molecule has 0 atom stereocenters. The number of hydrogen-bond donors (Lipinski definition) is 2. The molecule has 1 fully saturated rings. The number of carbonyl (C=O) groups is 1. The van der Waals surface area contributed by atoms with Crippen LogP contribution in [0.4, 0.5) is 0 Å². The molecule has 1 aliphatic rings. The number of halogens is 1. The summed E-state index contributed by atoms with van der Waals surface area (Å²) >= 11 is 5.89. The van der Waals surface area contributed by atoms with Crippen LogP contribution in [-0.4, -0.2) is 28.1 Å². The van der Waals surface area contributed by atoms with E-state index in [9.17, 15) is 9.90 Å². The molecule has 1 aromatic rings. The maximum atomic E-state index is 12.1. The van der Waals surface area contributed by atoms with E-state index in [0.29, 0.717) is 10.7 Å². The smallest absolute Gasteiger partial charge is 0.251 e. The van der Waals surface area contributed by atoms with Crippen molar-refractivity contribution < 1.29 is 9.90 Å². The summed E-state index contributed by atoms with van der Waals surface area (Å²) in [6.07, 6.45) is 3.42. The molecule has 1 saturated carbocycles. The first-order valence-electron chi connectivity index (χ1n) is 6.18. The molecule has 0 spiro atoms. The van der Waals surface area contributed by atoms with E-state index in [1.54, 1.807) is 12.1 Å². The fourth-order valence-corrected chi connectivity index (χ4v) is 2.33. The summed E-state index contributed by atoms with van der Waals surface area (Å²) < 4.78 is 0. The third-order valence-electron chi connectivity index (χ3n) is 3.46. The van der Waals surface area contributed by atoms with Gasteiger partial charge in [0.2, 0.25) is 0 Å². The Morgan fingerprint density at radius 3 is 2.78 bits per heavy atom. The van der Waals surface area contributed by atoms with Gasteiger partial charge >= 0.3 is 0 Å². The van der Waals surface area contributed by atoms with Crippen molar-refractivity contribution in [3.8, 4) is 0 Å². The Morgan fingerprint density at radius 1 is 1.56 bits per heavy atom. The minimum Gasteiger partial charge on any atom is -0.394 e. The number of pyridine rings is 1. The van der Waals surface area contributed by atoms with Gasteiger partial charge in [-0.15, -0.1) is 0 Å². The number of carbonyl (C=O) groups excluding carboxylic acids is 1. The standard InChI is InChI=1S/C13H17ClN2O2/c1-2-10-6-9(7-11(14)15-10)12(18)16-13(8-17)4-3-5-13/h6-7,17H,2-5,8H2,1H3,(H,16,18). The van der Waals surface area contributed by atoms with Crippen molar-refractivity contribution >= 4 is 17.5 Å². The van der Waals surface area contributed by atoms with Gasteiger partial charge < -0.3 is 10.4 Å². The number of aliphatic hydroxyl groups is 1. The topological polar surface area (TPSA) is 62.2 Å². The van der Waals surface area contributed by atoms with Gasteiger partial charge in [0.05, 0.1) is 12.1 Å². The van der Waals surface area contributed by atoms with Gasteiger partial charge in [-0.25, -0.2) is 4.98 Å². The molecule has 1 aliphatic carbocycles. The molecule has 1 amide bonds. The van der Waals surface area contributed by atoms with E-state index in [-0.39, 0.29) is 12.5 Å². The van der Waals surface area contributed by atoms with Crippen LogP contribution in [0.2, 0.25) is 5.15 Å². The molecule has 0 unspecified atom stereocenters. The summed E-state index contributed by atoms with van der Waals surface area (Å²) in [4.78, 5) is 16.2. The Bertz CT molecular complexity index is 453. The Morgan fingerprint density at radius 2 is 2.28 bits per heavy atom. The van der Waals surface area contributed by atoms with Crippen LogP contribution in [0.25, 0.3) is 0 Å². The minimum absolute atomic E-state index is 0.0157. The Balaban J connectivity index is 2.15. The SMILES string of the molecule is CCc1cc(C(=O)NC2(CO)CCC2)cc(Cl)n1. The number of hydrogen-bond acceptors (Lipinski definition) is 3. The molecule has 0 saturated heterocycles. The molecule has 0 aliphatic heterocycles. The van der Waals surface area contributed by atoms with Crippen LogP contribution >= 0.6 is 11.6 Å². The molecule has 18 heavy (non-hydrogen) atoms. The number of nitrogens with zero attached hydrogens (tertiary/aromatic N) is 1. The maximum absolute atomic E-state index is 12.1. The molecule has 0 aromatic carbocycles. The number of nitrogens with one attached hydrogen (secondary N) is 1. The van der Waals surface area contributed by atoms with Gasteiger partial charge in [0.1, 0.15) is 5.15 Å². The van der Waals surface area contributed by atoms with Crippen LogP contribution in [-0.2, 0) is 6.42 Å². The lowest BCUT2D eigenvalue weighted by molar-refractivity contribution is 0.0641. The third kappa shape index (κ3) is 2.65. The zero-order chi connectivity index (χ0) is 13.2. The van der Waals surface area contributed by atoms with Gasteiger partial charge in [-0.2, -0.15) is 0 Å². The van der Waals surface area contributed by atoms with Gasteiger partial charge in [-0.1, -0.05) is 18.5 Å². The Labute approximate surface area is 111 Å². The number of aromatic nitrogens is 1. The van der Waals surface area contributed by atoms with E-state index in [0.717, 1.165) is 31.4 Å². The Hall–Kier alpha value is -1.13. The third-order valence-corrected chi connectivity index (χ3v) is 3.66. The van der Waals surface area contributed by atoms with E-state index in [1.165, 1.54) is 0 Å². The van der Waals surface area contributed by atoms with Gasteiger partial charge in [0.25, 0.3) is 5.91 Å². The lowest BCUT2D eigenvalue weighted by Crippen LogP contribution is -2.56. The fourth-order valence-electron chi connectivity index (χ4n) is 2.10. The van der Waals surface area contributed by atoms with Crippen molar-refractivity contribution in [1.29, 1.82) is 0 Å². The highest BCUT2D eigenvalue weighted by atomic mass is 35.5. The van der Waals surface area contributed by atoms with Crippen LogP contribution in [0.1, 0.15) is 42.2 Å². The molecular weight excluding hydrogens is 252 g/mol. The summed E-state index contributed by atoms with van der Waals surface area (Å²) in [5, 5.41) is 12.6. The normalized spacial score (nSPS) is 17.1. The van der Waals surface area contributed by atoms with Crippen molar-refractivity contribution in [2.45, 2.75) is 38.1 Å². The molecule has 1 heterocycles. The molecule has 5 heteroatoms. The molecule has 2 rings (SSSR count). The number of rotatable bonds is 4. The van der Waals surface area contributed by atoms with E-state index >= 15 is 0 Å². The van der Waals surface area contributed by atoms with Crippen molar-refractivity contribution in [1.82, 2.24) is 10.3 Å². The zero-order valence-corrected chi connectivity index (χ0v) is 11.1. The first-order chi connectivity index (χ1) is 8.58. The molecule has 98 valence electrons. The Kier molecular flexibility index (Phi) is 3.88. The second kappa shape index (κ2) is 5.24. The number of amides is 1. The van der Waals surface area contributed by atoms with Gasteiger partial charge in [0, 0.05) is 11.3 Å². The van der Waals surface area contributed by atoms with Crippen LogP contribution in [0.15, 0.2) is 12.1 Å². The maximum Gasteiger partial charge on any atom is 0.251 e. The second-order valence-corrected chi connectivity index (χ2v) is 5.16. The molecule has 0 bridgehead atoms. The van der Waals surface area contributed by atoms with Crippen molar-refractivity contribution in [3.05, 3.63) is 28.5 Å². The predicted molar refractivity (Wildman–Crippen MR) is 69.8 cm³/mol. The second-order valence-electron chi connectivity index (χ2n) is 4.77. The highest BCUT2D eigenvalue weighted by Crippen LogP contribution is 2.31. The summed E-state index contributed by atoms with van der Waals surface area (Å²) in [5.74, 6) is -0.192. The van der Waals surface area contributed by atoms with E-state index in [2.05, 4.69) is 10.3 Å². The average Bonchev–Trinajstić information content (AvgIpc) is 2.32. The summed E-state index contributed by atoms with van der Waals surface area (Å²) in [6.45, 7) is 1.94. The highest BCUT2D eigenvalue weighted by molar-refractivity contribution is 6.29. The largest absolute Gasteiger partial charge is 0.394 e. The van der Waals surface area contributed by atoms with Gasteiger partial charge in [-0.3, -0.25) is 4.79 Å². The fraction of sp³-hybridized carbons (Fsp3) is 0.538. The summed E-state index contributed by atoms with van der Waals surface area (Å²) in [6, 6.07) is 3.30. The summed E-state index contributed by atoms with van der Waals surface area (Å²) in [7, 11) is 0. The van der Waals surface area contributed by atoms with Crippen LogP contribution in [0, 0.1) is 0 Å². The van der Waals surface area contributed by atoms with Gasteiger partial charge in [0.15, 0.2) is 0 Å².